The highest BCUT2D eigenvalue weighted by atomic mass is 32.2. The van der Waals surface area contributed by atoms with Gasteiger partial charge in [0.1, 0.15) is 5.82 Å². The zero-order chi connectivity index (χ0) is 14.7. The minimum absolute atomic E-state index is 0.141. The summed E-state index contributed by atoms with van der Waals surface area (Å²) in [5.74, 6) is -4.65. The number of carboxylic acid groups (broad SMARTS) is 1. The van der Waals surface area contributed by atoms with Crippen LogP contribution in [0.25, 0.3) is 0 Å². The highest BCUT2D eigenvalue weighted by Crippen LogP contribution is 2.29. The first kappa shape index (κ1) is 14.6. The van der Waals surface area contributed by atoms with Crippen LogP contribution in [0, 0.1) is 17.5 Å². The van der Waals surface area contributed by atoms with Gasteiger partial charge in [0.15, 0.2) is 16.0 Å². The van der Waals surface area contributed by atoms with Crippen molar-refractivity contribution >= 4 is 39.9 Å². The Balaban J connectivity index is 2.10. The van der Waals surface area contributed by atoms with Crippen LogP contribution in [0.3, 0.4) is 0 Å². The van der Waals surface area contributed by atoms with Crippen molar-refractivity contribution in [2.75, 3.05) is 11.1 Å². The van der Waals surface area contributed by atoms with E-state index in [4.69, 9.17) is 5.11 Å². The molecule has 0 bridgehead atoms. The average Bonchev–Trinajstić information content (AvgIpc) is 2.81. The molecule has 0 fully saturated rings. The first-order valence-electron chi connectivity index (χ1n) is 5.05. The van der Waals surface area contributed by atoms with E-state index in [0.717, 1.165) is 23.1 Å². The highest BCUT2D eigenvalue weighted by molar-refractivity contribution is 8.01. The molecule has 5 nitrogen and oxygen atoms in total. The Bertz CT molecular complexity index is 651. The van der Waals surface area contributed by atoms with E-state index in [9.17, 15) is 18.0 Å². The third kappa shape index (κ3) is 3.61. The van der Waals surface area contributed by atoms with Crippen molar-refractivity contribution in [3.63, 3.8) is 0 Å². The number of nitrogens with one attached hydrogen (secondary N) is 1. The smallest absolute Gasteiger partial charge is 0.313 e. The second-order valence-electron chi connectivity index (χ2n) is 3.43. The molecule has 0 radical (unpaired) electrons. The predicted molar refractivity (Wildman–Crippen MR) is 67.9 cm³/mol. The van der Waals surface area contributed by atoms with Crippen LogP contribution in [-0.4, -0.2) is 27.0 Å². The lowest BCUT2D eigenvalue weighted by atomic mass is 10.3. The topological polar surface area (TPSA) is 75.1 Å². The Morgan fingerprint density at radius 1 is 1.25 bits per heavy atom. The molecule has 0 atom stereocenters. The van der Waals surface area contributed by atoms with Gasteiger partial charge in [-0.25, -0.2) is 13.2 Å². The molecule has 0 aliphatic carbocycles. The van der Waals surface area contributed by atoms with E-state index in [1.165, 1.54) is 0 Å². The summed E-state index contributed by atoms with van der Waals surface area (Å²) in [5.41, 5.74) is -0.283. The molecule has 10 heteroatoms. The standard InChI is InChI=1S/C10H6F3N3O2S2/c11-4-1-6(13)7(2-5(4)12)14-9-15-16-10(20-9)19-3-8(17)18/h1-2H,3H2,(H,14,15)(H,17,18). The summed E-state index contributed by atoms with van der Waals surface area (Å²) in [4.78, 5) is 10.4. The number of aliphatic carboxylic acids is 1. The van der Waals surface area contributed by atoms with Gasteiger partial charge in [0.05, 0.1) is 11.4 Å². The van der Waals surface area contributed by atoms with Crippen molar-refractivity contribution in [1.82, 2.24) is 10.2 Å². The molecular weight excluding hydrogens is 315 g/mol. The lowest BCUT2D eigenvalue weighted by Gasteiger charge is -2.04. The van der Waals surface area contributed by atoms with Crippen LogP contribution in [0.1, 0.15) is 0 Å². The van der Waals surface area contributed by atoms with Gasteiger partial charge in [0.2, 0.25) is 5.13 Å². The van der Waals surface area contributed by atoms with Crippen LogP contribution < -0.4 is 5.32 Å². The molecule has 0 spiro atoms. The van der Waals surface area contributed by atoms with Gasteiger partial charge < -0.3 is 10.4 Å². The molecule has 2 aromatic rings. The molecule has 0 amide bonds. The van der Waals surface area contributed by atoms with Crippen LogP contribution in [-0.2, 0) is 4.79 Å². The van der Waals surface area contributed by atoms with Gasteiger partial charge in [0.25, 0.3) is 0 Å². The second-order valence-corrected chi connectivity index (χ2v) is 5.63. The minimum Gasteiger partial charge on any atom is -0.481 e. The number of nitrogens with zero attached hydrogens (tertiary/aromatic N) is 2. The number of halogens is 3. The summed E-state index contributed by atoms with van der Waals surface area (Å²) >= 11 is 1.92. The Labute approximate surface area is 118 Å². The largest absolute Gasteiger partial charge is 0.481 e. The summed E-state index contributed by atoms with van der Waals surface area (Å²) in [6.07, 6.45) is 0. The number of rotatable bonds is 5. The van der Waals surface area contributed by atoms with Crippen molar-refractivity contribution in [3.05, 3.63) is 29.6 Å². The Morgan fingerprint density at radius 2 is 1.95 bits per heavy atom. The molecule has 106 valence electrons. The first-order chi connectivity index (χ1) is 9.45. The molecule has 0 aliphatic heterocycles. The number of hydrogen-bond donors (Lipinski definition) is 2. The Morgan fingerprint density at radius 3 is 2.65 bits per heavy atom. The van der Waals surface area contributed by atoms with Crippen molar-refractivity contribution in [2.45, 2.75) is 4.34 Å². The molecule has 1 aromatic carbocycles. The fourth-order valence-electron chi connectivity index (χ4n) is 1.18. The summed E-state index contributed by atoms with van der Waals surface area (Å²) < 4.78 is 39.5. The zero-order valence-corrected chi connectivity index (χ0v) is 11.2. The van der Waals surface area contributed by atoms with E-state index >= 15 is 0 Å². The van der Waals surface area contributed by atoms with Crippen molar-refractivity contribution in [3.8, 4) is 0 Å². The molecule has 0 aliphatic rings. The fraction of sp³-hybridized carbons (Fsp3) is 0.100. The van der Waals surface area contributed by atoms with Gasteiger partial charge in [-0.3, -0.25) is 4.79 Å². The predicted octanol–water partition coefficient (Wildman–Crippen LogP) is 2.88. The molecule has 0 unspecified atom stereocenters. The quantitative estimate of drug-likeness (QED) is 0.651. The number of thioether (sulfide) groups is 1. The lowest BCUT2D eigenvalue weighted by Crippen LogP contribution is -1.96. The normalized spacial score (nSPS) is 10.6. The number of carboxylic acids is 1. The summed E-state index contributed by atoms with van der Waals surface area (Å²) in [6.45, 7) is 0. The summed E-state index contributed by atoms with van der Waals surface area (Å²) in [6, 6.07) is 1.08. The summed E-state index contributed by atoms with van der Waals surface area (Å²) in [7, 11) is 0. The van der Waals surface area contributed by atoms with E-state index in [0.29, 0.717) is 16.5 Å². The Hall–Kier alpha value is -1.81. The van der Waals surface area contributed by atoms with Crippen LogP contribution in [0.4, 0.5) is 24.0 Å². The zero-order valence-electron chi connectivity index (χ0n) is 9.56. The van der Waals surface area contributed by atoms with Crippen LogP contribution in [0.2, 0.25) is 0 Å². The van der Waals surface area contributed by atoms with Gasteiger partial charge in [-0.05, 0) is 0 Å². The maximum Gasteiger partial charge on any atom is 0.313 e. The number of anilines is 2. The second kappa shape index (κ2) is 6.09. The first-order valence-corrected chi connectivity index (χ1v) is 6.85. The SMILES string of the molecule is O=C(O)CSc1nnc(Nc2cc(F)c(F)cc2F)s1. The van der Waals surface area contributed by atoms with E-state index in [2.05, 4.69) is 15.5 Å². The molecule has 1 aromatic heterocycles. The highest BCUT2D eigenvalue weighted by Gasteiger charge is 2.12. The third-order valence-corrected chi connectivity index (χ3v) is 3.93. The molecule has 2 N–H and O–H groups in total. The number of aromatic nitrogens is 2. The number of hydrogen-bond acceptors (Lipinski definition) is 6. The maximum absolute atomic E-state index is 13.4. The monoisotopic (exact) mass is 321 g/mol. The van der Waals surface area contributed by atoms with Crippen molar-refractivity contribution in [2.24, 2.45) is 0 Å². The van der Waals surface area contributed by atoms with E-state index < -0.39 is 23.4 Å². The van der Waals surface area contributed by atoms with Crippen LogP contribution >= 0.6 is 23.1 Å². The minimum atomic E-state index is -1.29. The molecule has 20 heavy (non-hydrogen) atoms. The number of benzene rings is 1. The molecule has 2 rings (SSSR count). The molecule has 0 saturated carbocycles. The third-order valence-electron chi connectivity index (χ3n) is 1.98. The fourth-order valence-corrected chi connectivity index (χ4v) is 2.66. The van der Waals surface area contributed by atoms with E-state index in [1.807, 2.05) is 0 Å². The summed E-state index contributed by atoms with van der Waals surface area (Å²) in [5, 5.41) is 18.4. The van der Waals surface area contributed by atoms with E-state index in [1.54, 1.807) is 0 Å². The van der Waals surface area contributed by atoms with Gasteiger partial charge in [-0.2, -0.15) is 0 Å². The van der Waals surface area contributed by atoms with Crippen molar-refractivity contribution in [1.29, 1.82) is 0 Å². The van der Waals surface area contributed by atoms with Crippen LogP contribution in [0.5, 0.6) is 0 Å². The molecule has 0 saturated heterocycles. The van der Waals surface area contributed by atoms with Gasteiger partial charge in [0, 0.05) is 12.1 Å². The average molecular weight is 321 g/mol. The van der Waals surface area contributed by atoms with E-state index in [-0.39, 0.29) is 16.6 Å². The van der Waals surface area contributed by atoms with Gasteiger partial charge >= 0.3 is 5.97 Å². The van der Waals surface area contributed by atoms with Gasteiger partial charge in [-0.15, -0.1) is 10.2 Å². The van der Waals surface area contributed by atoms with Crippen LogP contribution in [0.15, 0.2) is 16.5 Å². The van der Waals surface area contributed by atoms with Crippen molar-refractivity contribution < 1.29 is 23.1 Å². The number of carbonyl (C=O) groups is 1. The molecule has 1 heterocycles. The Kier molecular flexibility index (Phi) is 4.45. The maximum atomic E-state index is 13.4. The van der Waals surface area contributed by atoms with Gasteiger partial charge in [-0.1, -0.05) is 23.1 Å². The lowest BCUT2D eigenvalue weighted by molar-refractivity contribution is -0.133. The molecular formula is C10H6F3N3O2S2.